The van der Waals surface area contributed by atoms with E-state index in [-0.39, 0.29) is 11.9 Å². The zero-order chi connectivity index (χ0) is 16.4. The molecule has 23 heavy (non-hydrogen) atoms. The normalized spacial score (nSPS) is 17.3. The van der Waals surface area contributed by atoms with E-state index in [0.717, 1.165) is 35.4 Å². The van der Waals surface area contributed by atoms with Gasteiger partial charge in [-0.3, -0.25) is 4.79 Å². The minimum atomic E-state index is 0.101. The van der Waals surface area contributed by atoms with E-state index in [0.29, 0.717) is 11.5 Å². The lowest BCUT2D eigenvalue weighted by atomic mass is 10.0. The highest BCUT2D eigenvalue weighted by Gasteiger charge is 2.32. The van der Waals surface area contributed by atoms with Crippen molar-refractivity contribution in [2.24, 2.45) is 0 Å². The Hall–Kier alpha value is -2.01. The lowest BCUT2D eigenvalue weighted by Crippen LogP contribution is -2.30. The number of benzene rings is 1. The Bertz CT molecular complexity index is 710. The molecule has 1 aliphatic rings. The Kier molecular flexibility index (Phi) is 4.57. The minimum absolute atomic E-state index is 0.101. The van der Waals surface area contributed by atoms with Gasteiger partial charge in [-0.1, -0.05) is 6.07 Å². The summed E-state index contributed by atoms with van der Waals surface area (Å²) in [6, 6.07) is 8.02. The molecule has 1 aromatic heterocycles. The highest BCUT2D eigenvalue weighted by atomic mass is 32.1. The highest BCUT2D eigenvalue weighted by Crippen LogP contribution is 2.38. The van der Waals surface area contributed by atoms with Gasteiger partial charge in [0.15, 0.2) is 11.5 Å². The fraction of sp³-hybridized carbons (Fsp3) is 0.389. The van der Waals surface area contributed by atoms with Crippen LogP contribution >= 0.6 is 11.3 Å². The fourth-order valence-corrected chi connectivity index (χ4v) is 4.02. The first-order valence-corrected chi connectivity index (χ1v) is 8.60. The van der Waals surface area contributed by atoms with Crippen molar-refractivity contribution in [3.63, 3.8) is 0 Å². The van der Waals surface area contributed by atoms with Crippen molar-refractivity contribution in [2.75, 3.05) is 20.8 Å². The van der Waals surface area contributed by atoms with Crippen LogP contribution in [0.15, 0.2) is 29.6 Å². The summed E-state index contributed by atoms with van der Waals surface area (Å²) >= 11 is 1.52. The van der Waals surface area contributed by atoms with Crippen LogP contribution in [0.25, 0.3) is 0 Å². The number of ether oxygens (including phenoxy) is 2. The number of amides is 1. The van der Waals surface area contributed by atoms with Gasteiger partial charge in [0.1, 0.15) is 0 Å². The fourth-order valence-electron chi connectivity index (χ4n) is 3.14. The van der Waals surface area contributed by atoms with Crippen molar-refractivity contribution >= 4 is 17.2 Å². The molecular weight excluding hydrogens is 310 g/mol. The van der Waals surface area contributed by atoms with E-state index in [2.05, 4.69) is 0 Å². The summed E-state index contributed by atoms with van der Waals surface area (Å²) in [6.45, 7) is 2.79. The molecule has 0 saturated carbocycles. The molecule has 122 valence electrons. The molecular formula is C18H21NO3S. The molecule has 1 aliphatic heterocycles. The third-order valence-electron chi connectivity index (χ3n) is 4.36. The average molecular weight is 331 g/mol. The van der Waals surface area contributed by atoms with Crippen LogP contribution in [0.4, 0.5) is 0 Å². The zero-order valence-corrected chi connectivity index (χ0v) is 14.5. The molecule has 1 saturated heterocycles. The first kappa shape index (κ1) is 15.9. The maximum atomic E-state index is 12.9. The summed E-state index contributed by atoms with van der Waals surface area (Å²) in [5.74, 6) is 1.55. The summed E-state index contributed by atoms with van der Waals surface area (Å²) in [4.78, 5) is 15.7. The van der Waals surface area contributed by atoms with Gasteiger partial charge >= 0.3 is 0 Å². The van der Waals surface area contributed by atoms with Crippen molar-refractivity contribution in [1.29, 1.82) is 0 Å². The van der Waals surface area contributed by atoms with E-state index in [4.69, 9.17) is 9.47 Å². The number of carbonyl (C=O) groups is 1. The van der Waals surface area contributed by atoms with Gasteiger partial charge in [-0.05, 0) is 54.5 Å². The lowest BCUT2D eigenvalue weighted by Gasteiger charge is -2.25. The largest absolute Gasteiger partial charge is 0.493 e. The van der Waals surface area contributed by atoms with Crippen LogP contribution in [-0.4, -0.2) is 31.6 Å². The van der Waals surface area contributed by atoms with Crippen LogP contribution in [-0.2, 0) is 0 Å². The van der Waals surface area contributed by atoms with Crippen LogP contribution < -0.4 is 9.47 Å². The monoisotopic (exact) mass is 331 g/mol. The van der Waals surface area contributed by atoms with Crippen LogP contribution in [0.3, 0.4) is 0 Å². The van der Waals surface area contributed by atoms with E-state index < -0.39 is 0 Å². The van der Waals surface area contributed by atoms with E-state index in [1.54, 1.807) is 14.2 Å². The topological polar surface area (TPSA) is 38.8 Å². The van der Waals surface area contributed by atoms with Gasteiger partial charge in [0.05, 0.1) is 25.1 Å². The van der Waals surface area contributed by atoms with E-state index in [9.17, 15) is 4.79 Å². The molecule has 2 aromatic rings. The Morgan fingerprint density at radius 2 is 2.00 bits per heavy atom. The van der Waals surface area contributed by atoms with Gasteiger partial charge in [0.2, 0.25) is 0 Å². The maximum absolute atomic E-state index is 12.9. The number of likely N-dealkylation sites (tertiary alicyclic amines) is 1. The maximum Gasteiger partial charge on any atom is 0.264 e. The zero-order valence-electron chi connectivity index (χ0n) is 13.7. The van der Waals surface area contributed by atoms with Gasteiger partial charge in [-0.15, -0.1) is 11.3 Å². The average Bonchev–Trinajstić information content (AvgIpc) is 3.22. The second kappa shape index (κ2) is 6.62. The molecule has 1 amide bonds. The van der Waals surface area contributed by atoms with Crippen molar-refractivity contribution in [3.05, 3.63) is 45.6 Å². The van der Waals surface area contributed by atoms with Gasteiger partial charge < -0.3 is 14.4 Å². The molecule has 4 nitrogen and oxygen atoms in total. The Labute approximate surface area is 140 Å². The lowest BCUT2D eigenvalue weighted by molar-refractivity contribution is 0.0739. The molecule has 2 heterocycles. The second-order valence-corrected chi connectivity index (χ2v) is 6.62. The Balaban J connectivity index is 1.90. The third-order valence-corrected chi connectivity index (χ3v) is 5.37. The van der Waals surface area contributed by atoms with Gasteiger partial charge in [-0.25, -0.2) is 0 Å². The summed E-state index contributed by atoms with van der Waals surface area (Å²) in [6.07, 6.45) is 2.00. The molecule has 0 aliphatic carbocycles. The second-order valence-electron chi connectivity index (χ2n) is 5.70. The van der Waals surface area contributed by atoms with Gasteiger partial charge in [0, 0.05) is 6.54 Å². The van der Waals surface area contributed by atoms with Crippen LogP contribution in [0, 0.1) is 6.92 Å². The number of hydrogen-bond donors (Lipinski definition) is 0. The quantitative estimate of drug-likeness (QED) is 0.848. The number of hydrogen-bond acceptors (Lipinski definition) is 4. The molecule has 1 fully saturated rings. The number of rotatable bonds is 4. The predicted molar refractivity (Wildman–Crippen MR) is 91.6 cm³/mol. The van der Waals surface area contributed by atoms with Crippen LogP contribution in [0.1, 0.15) is 39.7 Å². The Morgan fingerprint density at radius 3 is 2.65 bits per heavy atom. The van der Waals surface area contributed by atoms with Crippen LogP contribution in [0.5, 0.6) is 11.5 Å². The molecule has 0 radical (unpaired) electrons. The van der Waals surface area contributed by atoms with Crippen molar-refractivity contribution in [2.45, 2.75) is 25.8 Å². The summed E-state index contributed by atoms with van der Waals surface area (Å²) in [5, 5.41) is 1.98. The molecule has 1 unspecified atom stereocenters. The summed E-state index contributed by atoms with van der Waals surface area (Å²) < 4.78 is 10.7. The number of thiophene rings is 1. The summed E-state index contributed by atoms with van der Waals surface area (Å²) in [7, 11) is 3.26. The molecule has 1 aromatic carbocycles. The molecule has 3 rings (SSSR count). The number of carbonyl (C=O) groups excluding carboxylic acids is 1. The highest BCUT2D eigenvalue weighted by molar-refractivity contribution is 7.12. The molecule has 0 bridgehead atoms. The molecule has 5 heteroatoms. The molecule has 0 N–H and O–H groups in total. The van der Waals surface area contributed by atoms with Gasteiger partial charge in [-0.2, -0.15) is 0 Å². The first-order valence-electron chi connectivity index (χ1n) is 7.72. The Morgan fingerprint density at radius 1 is 1.22 bits per heavy atom. The van der Waals surface area contributed by atoms with Crippen molar-refractivity contribution in [1.82, 2.24) is 4.90 Å². The minimum Gasteiger partial charge on any atom is -0.493 e. The van der Waals surface area contributed by atoms with E-state index in [1.165, 1.54) is 11.3 Å². The SMILES string of the molecule is COc1ccc(C2CCCN2C(=O)c2sccc2C)cc1OC. The third kappa shape index (κ3) is 2.93. The number of aryl methyl sites for hydroxylation is 1. The van der Waals surface area contributed by atoms with Crippen LogP contribution in [0.2, 0.25) is 0 Å². The number of nitrogens with zero attached hydrogens (tertiary/aromatic N) is 1. The first-order chi connectivity index (χ1) is 11.2. The molecule has 1 atom stereocenters. The van der Waals surface area contributed by atoms with E-state index in [1.807, 2.05) is 41.5 Å². The number of methoxy groups -OCH3 is 2. The van der Waals surface area contributed by atoms with Gasteiger partial charge in [0.25, 0.3) is 5.91 Å². The smallest absolute Gasteiger partial charge is 0.264 e. The predicted octanol–water partition coefficient (Wildman–Crippen LogP) is 4.05. The molecule has 0 spiro atoms. The van der Waals surface area contributed by atoms with Crippen molar-refractivity contribution < 1.29 is 14.3 Å². The van der Waals surface area contributed by atoms with Crippen molar-refractivity contribution in [3.8, 4) is 11.5 Å². The van der Waals surface area contributed by atoms with E-state index >= 15 is 0 Å². The summed E-state index contributed by atoms with van der Waals surface area (Å²) in [5.41, 5.74) is 2.15. The standard InChI is InChI=1S/C18H21NO3S/c1-12-8-10-23-17(12)18(20)19-9-4-5-14(19)13-6-7-15(21-2)16(11-13)22-3/h6-8,10-11,14H,4-5,9H2,1-3H3.